The fourth-order valence-electron chi connectivity index (χ4n) is 3.55. The van der Waals surface area contributed by atoms with Crippen LogP contribution in [0.3, 0.4) is 0 Å². The van der Waals surface area contributed by atoms with Crippen LogP contribution >= 0.6 is 0 Å². The van der Waals surface area contributed by atoms with E-state index in [1.54, 1.807) is 25.2 Å². The third-order valence-electron chi connectivity index (χ3n) is 5.32. The summed E-state index contributed by atoms with van der Waals surface area (Å²) in [4.78, 5) is 41.2. The predicted molar refractivity (Wildman–Crippen MR) is 117 cm³/mol. The summed E-state index contributed by atoms with van der Waals surface area (Å²) in [6.45, 7) is 1.99. The maximum Gasteiger partial charge on any atom is 0.336 e. The zero-order valence-corrected chi connectivity index (χ0v) is 17.4. The van der Waals surface area contributed by atoms with E-state index in [-0.39, 0.29) is 25.0 Å². The highest BCUT2D eigenvalue weighted by atomic mass is 16.5. The van der Waals surface area contributed by atoms with Crippen molar-refractivity contribution in [1.82, 2.24) is 9.55 Å². The highest BCUT2D eigenvalue weighted by Crippen LogP contribution is 2.20. The summed E-state index contributed by atoms with van der Waals surface area (Å²) in [5.41, 5.74) is 2.10. The number of esters is 1. The Labute approximate surface area is 177 Å². The topological polar surface area (TPSA) is 91.4 Å². The van der Waals surface area contributed by atoms with Crippen molar-refractivity contribution in [1.29, 1.82) is 0 Å². The van der Waals surface area contributed by atoms with Gasteiger partial charge in [0, 0.05) is 30.5 Å². The minimum atomic E-state index is -0.484. The first-order chi connectivity index (χ1) is 15.0. The van der Waals surface area contributed by atoms with Gasteiger partial charge in [-0.05, 0) is 30.2 Å². The maximum atomic E-state index is 12.5. The molecule has 0 saturated carbocycles. The van der Waals surface area contributed by atoms with Crippen LogP contribution in [0.1, 0.15) is 30.3 Å². The van der Waals surface area contributed by atoms with Gasteiger partial charge in [-0.15, -0.1) is 0 Å². The third kappa shape index (κ3) is 4.26. The lowest BCUT2D eigenvalue weighted by molar-refractivity contribution is -0.144. The Balaban J connectivity index is 1.47. The number of rotatable bonds is 6. The molecule has 4 aromatic rings. The van der Waals surface area contributed by atoms with Crippen molar-refractivity contribution >= 4 is 27.8 Å². The van der Waals surface area contributed by atoms with Crippen LogP contribution in [0.2, 0.25) is 0 Å². The van der Waals surface area contributed by atoms with Crippen LogP contribution < -0.4 is 11.2 Å². The largest absolute Gasteiger partial charge is 0.461 e. The quantitative estimate of drug-likeness (QED) is 0.353. The molecule has 0 bridgehead atoms. The van der Waals surface area contributed by atoms with E-state index < -0.39 is 11.6 Å². The van der Waals surface area contributed by atoms with Crippen LogP contribution in [0.4, 0.5) is 0 Å². The van der Waals surface area contributed by atoms with Crippen molar-refractivity contribution in [2.45, 2.75) is 32.8 Å². The van der Waals surface area contributed by atoms with E-state index >= 15 is 0 Å². The molecule has 2 aromatic carbocycles. The molecule has 0 saturated heterocycles. The molecule has 7 heteroatoms. The fraction of sp³-hybridized carbons (Fsp3) is 0.250. The number of para-hydroxylation sites is 1. The minimum Gasteiger partial charge on any atom is -0.461 e. The van der Waals surface area contributed by atoms with Crippen molar-refractivity contribution < 1.29 is 13.9 Å². The molecule has 0 unspecified atom stereocenters. The Bertz CT molecular complexity index is 1400. The van der Waals surface area contributed by atoms with Gasteiger partial charge >= 0.3 is 11.6 Å². The molecule has 0 N–H and O–H groups in total. The van der Waals surface area contributed by atoms with Gasteiger partial charge in [0.1, 0.15) is 18.0 Å². The van der Waals surface area contributed by atoms with Crippen LogP contribution in [0, 0.1) is 0 Å². The normalized spacial score (nSPS) is 11.2. The second kappa shape index (κ2) is 8.55. The molecule has 0 fully saturated rings. The van der Waals surface area contributed by atoms with E-state index in [9.17, 15) is 14.4 Å². The van der Waals surface area contributed by atoms with Gasteiger partial charge in [0.05, 0.1) is 17.3 Å². The lowest BCUT2D eigenvalue weighted by Gasteiger charge is -2.10. The predicted octanol–water partition coefficient (Wildman–Crippen LogP) is 3.28. The summed E-state index contributed by atoms with van der Waals surface area (Å²) in [5, 5.41) is 1.28. The van der Waals surface area contributed by atoms with Crippen molar-refractivity contribution in [2.24, 2.45) is 7.05 Å². The fourth-order valence-corrected chi connectivity index (χ4v) is 3.55. The average molecular weight is 418 g/mol. The van der Waals surface area contributed by atoms with Crippen molar-refractivity contribution in [3.05, 3.63) is 86.3 Å². The van der Waals surface area contributed by atoms with E-state index in [1.807, 2.05) is 31.2 Å². The lowest BCUT2D eigenvalue weighted by Crippen LogP contribution is -2.23. The first-order valence-electron chi connectivity index (χ1n) is 10.1. The Morgan fingerprint density at radius 2 is 1.90 bits per heavy atom. The molecule has 0 aliphatic heterocycles. The summed E-state index contributed by atoms with van der Waals surface area (Å²) in [6, 6.07) is 14.1. The molecule has 7 nitrogen and oxygen atoms in total. The van der Waals surface area contributed by atoms with Gasteiger partial charge in [-0.2, -0.15) is 0 Å². The highest BCUT2D eigenvalue weighted by molar-refractivity contribution is 5.81. The number of aryl methyl sites for hydroxylation is 2. The number of benzene rings is 2. The molecule has 4 rings (SSSR count). The number of carbonyl (C=O) groups excluding carboxylic acids is 1. The summed E-state index contributed by atoms with van der Waals surface area (Å²) in [6.07, 6.45) is 1.16. The second-order valence-electron chi connectivity index (χ2n) is 7.34. The average Bonchev–Trinajstić information content (AvgIpc) is 2.78. The van der Waals surface area contributed by atoms with Crippen LogP contribution in [-0.4, -0.2) is 15.5 Å². The van der Waals surface area contributed by atoms with E-state index in [1.165, 1.54) is 10.6 Å². The second-order valence-corrected chi connectivity index (χ2v) is 7.34. The molecular weight excluding hydrogens is 396 g/mol. The molecule has 31 heavy (non-hydrogen) atoms. The zero-order chi connectivity index (χ0) is 22.0. The summed E-state index contributed by atoms with van der Waals surface area (Å²) in [5.74, 6) is 0.0764. The molecular formula is C24H22N2O5. The van der Waals surface area contributed by atoms with Crippen LogP contribution in [0.25, 0.3) is 21.9 Å². The SMILES string of the molecule is CCc1ccc2c(COC(=O)CCc3nc4ccccc4c(=O)n3C)cc(=O)oc2c1. The molecule has 2 heterocycles. The third-order valence-corrected chi connectivity index (χ3v) is 5.32. The number of hydrogen-bond donors (Lipinski definition) is 0. The monoisotopic (exact) mass is 418 g/mol. The smallest absolute Gasteiger partial charge is 0.336 e. The molecule has 2 aromatic heterocycles. The molecule has 0 aliphatic carbocycles. The summed E-state index contributed by atoms with van der Waals surface area (Å²) < 4.78 is 12.1. The van der Waals surface area contributed by atoms with Gasteiger partial charge in [0.15, 0.2) is 0 Å². The van der Waals surface area contributed by atoms with Crippen LogP contribution in [-0.2, 0) is 36.0 Å². The molecule has 0 atom stereocenters. The number of carbonyl (C=O) groups is 1. The molecule has 158 valence electrons. The standard InChI is InChI=1S/C24H22N2O5/c1-3-15-8-9-17-16(13-23(28)31-20(17)12-15)14-30-22(27)11-10-21-25-19-7-5-4-6-18(19)24(29)26(21)2/h4-9,12-13H,3,10-11,14H2,1-2H3. The van der Waals surface area contributed by atoms with Gasteiger partial charge < -0.3 is 9.15 Å². The van der Waals surface area contributed by atoms with Gasteiger partial charge in [0.25, 0.3) is 5.56 Å². The molecule has 0 amide bonds. The highest BCUT2D eigenvalue weighted by Gasteiger charge is 2.13. The van der Waals surface area contributed by atoms with E-state index in [0.29, 0.717) is 27.9 Å². The number of ether oxygens (including phenoxy) is 1. The zero-order valence-electron chi connectivity index (χ0n) is 17.4. The van der Waals surface area contributed by atoms with Crippen LogP contribution in [0.15, 0.2) is 62.5 Å². The van der Waals surface area contributed by atoms with Crippen molar-refractivity contribution in [2.75, 3.05) is 0 Å². The Morgan fingerprint density at radius 3 is 2.71 bits per heavy atom. The minimum absolute atomic E-state index is 0.0313. The van der Waals surface area contributed by atoms with Crippen LogP contribution in [0.5, 0.6) is 0 Å². The first kappa shape index (κ1) is 20.5. The van der Waals surface area contributed by atoms with Gasteiger partial charge in [-0.25, -0.2) is 9.78 Å². The maximum absolute atomic E-state index is 12.5. The first-order valence-corrected chi connectivity index (χ1v) is 10.1. The number of aromatic nitrogens is 2. The number of nitrogens with zero attached hydrogens (tertiary/aromatic N) is 2. The van der Waals surface area contributed by atoms with Gasteiger partial charge in [-0.1, -0.05) is 31.2 Å². The summed E-state index contributed by atoms with van der Waals surface area (Å²) in [7, 11) is 1.64. The lowest BCUT2D eigenvalue weighted by atomic mass is 10.1. The van der Waals surface area contributed by atoms with E-state index in [2.05, 4.69) is 4.98 Å². The van der Waals surface area contributed by atoms with Gasteiger partial charge in [-0.3, -0.25) is 14.2 Å². The van der Waals surface area contributed by atoms with E-state index in [4.69, 9.17) is 9.15 Å². The van der Waals surface area contributed by atoms with Gasteiger partial charge in [0.2, 0.25) is 0 Å². The Hall–Kier alpha value is -3.74. The Kier molecular flexibility index (Phi) is 5.66. The van der Waals surface area contributed by atoms with Crippen molar-refractivity contribution in [3.63, 3.8) is 0 Å². The van der Waals surface area contributed by atoms with Crippen molar-refractivity contribution in [3.8, 4) is 0 Å². The molecule has 0 radical (unpaired) electrons. The molecule has 0 spiro atoms. The number of hydrogen-bond acceptors (Lipinski definition) is 6. The Morgan fingerprint density at radius 1 is 1.10 bits per heavy atom. The molecule has 0 aliphatic rings. The van der Waals surface area contributed by atoms with E-state index in [0.717, 1.165) is 17.4 Å². The number of fused-ring (bicyclic) bond motifs is 2. The summed E-state index contributed by atoms with van der Waals surface area (Å²) >= 11 is 0.